The van der Waals surface area contributed by atoms with E-state index in [0.717, 1.165) is 26.1 Å². The van der Waals surface area contributed by atoms with E-state index in [1.807, 2.05) is 6.08 Å². The van der Waals surface area contributed by atoms with Crippen LogP contribution in [-0.2, 0) is 6.42 Å². The van der Waals surface area contributed by atoms with Crippen LogP contribution in [0.15, 0.2) is 41.9 Å². The van der Waals surface area contributed by atoms with Crippen molar-refractivity contribution in [1.82, 2.24) is 10.2 Å². The first-order valence-electron chi connectivity index (χ1n) is 7.06. The third kappa shape index (κ3) is 4.64. The number of hydrogen-bond acceptors (Lipinski definition) is 2. The van der Waals surface area contributed by atoms with E-state index in [0.29, 0.717) is 12.1 Å². The van der Waals surface area contributed by atoms with Crippen LogP contribution in [0.1, 0.15) is 18.9 Å². The molecule has 1 heterocycles. The zero-order valence-electron chi connectivity index (χ0n) is 11.6. The molecule has 0 amide bonds. The summed E-state index contributed by atoms with van der Waals surface area (Å²) in [6.45, 7) is 5.42. The van der Waals surface area contributed by atoms with Gasteiger partial charge in [0.25, 0.3) is 0 Å². The van der Waals surface area contributed by atoms with Crippen LogP contribution < -0.4 is 5.32 Å². The predicted molar refractivity (Wildman–Crippen MR) is 82.6 cm³/mol. The largest absolute Gasteiger partial charge is 0.312 e. The van der Waals surface area contributed by atoms with Gasteiger partial charge in [0.2, 0.25) is 0 Å². The zero-order valence-corrected chi connectivity index (χ0v) is 12.3. The minimum Gasteiger partial charge on any atom is -0.312 e. The second kappa shape index (κ2) is 7.68. The molecule has 0 spiro atoms. The number of nitrogens with one attached hydrogen (secondary N) is 1. The van der Waals surface area contributed by atoms with Gasteiger partial charge in [-0.3, -0.25) is 4.90 Å². The summed E-state index contributed by atoms with van der Waals surface area (Å²) < 4.78 is 0. The highest BCUT2D eigenvalue weighted by atomic mass is 35.5. The molecule has 1 aliphatic rings. The van der Waals surface area contributed by atoms with Crippen molar-refractivity contribution in [2.75, 3.05) is 19.6 Å². The molecule has 19 heavy (non-hydrogen) atoms. The Balaban J connectivity index is 1.96. The minimum atomic E-state index is 0.524. The van der Waals surface area contributed by atoms with Crippen molar-refractivity contribution < 1.29 is 0 Å². The summed E-state index contributed by atoms with van der Waals surface area (Å²) >= 11 is 5.65. The Morgan fingerprint density at radius 1 is 1.37 bits per heavy atom. The number of benzene rings is 1. The first-order valence-corrected chi connectivity index (χ1v) is 7.50. The predicted octanol–water partition coefficient (Wildman–Crippen LogP) is 3.03. The molecule has 1 saturated heterocycles. The van der Waals surface area contributed by atoms with Crippen LogP contribution in [0, 0.1) is 0 Å². The highest BCUT2D eigenvalue weighted by Crippen LogP contribution is 2.12. The number of rotatable bonds is 4. The first kappa shape index (κ1) is 14.6. The summed E-state index contributed by atoms with van der Waals surface area (Å²) in [6.07, 6.45) is 4.32. The zero-order chi connectivity index (χ0) is 13.5. The Morgan fingerprint density at radius 2 is 2.16 bits per heavy atom. The SMILES string of the molecule is CC1CCNC(Cc2ccccc2)CN1C/C=C/Cl. The van der Waals surface area contributed by atoms with Crippen molar-refractivity contribution >= 4 is 11.6 Å². The van der Waals surface area contributed by atoms with Crippen molar-refractivity contribution in [2.24, 2.45) is 0 Å². The van der Waals surface area contributed by atoms with Gasteiger partial charge in [-0.1, -0.05) is 48.0 Å². The molecule has 1 aliphatic heterocycles. The van der Waals surface area contributed by atoms with E-state index in [1.165, 1.54) is 12.0 Å². The van der Waals surface area contributed by atoms with Gasteiger partial charge in [0.15, 0.2) is 0 Å². The summed E-state index contributed by atoms with van der Waals surface area (Å²) in [4.78, 5) is 2.51. The van der Waals surface area contributed by atoms with E-state index >= 15 is 0 Å². The average Bonchev–Trinajstić information content (AvgIpc) is 2.60. The molecule has 1 fully saturated rings. The smallest absolute Gasteiger partial charge is 0.0235 e. The summed E-state index contributed by atoms with van der Waals surface area (Å²) in [5.41, 5.74) is 3.03. The van der Waals surface area contributed by atoms with E-state index < -0.39 is 0 Å². The number of hydrogen-bond donors (Lipinski definition) is 1. The third-order valence-electron chi connectivity index (χ3n) is 3.83. The Hall–Kier alpha value is -0.830. The van der Waals surface area contributed by atoms with E-state index in [-0.39, 0.29) is 0 Å². The monoisotopic (exact) mass is 278 g/mol. The number of halogens is 1. The molecule has 104 valence electrons. The molecule has 2 unspecified atom stereocenters. The molecule has 0 aromatic heterocycles. The van der Waals surface area contributed by atoms with Crippen LogP contribution in [0.3, 0.4) is 0 Å². The van der Waals surface area contributed by atoms with E-state index in [9.17, 15) is 0 Å². The molecule has 1 aromatic carbocycles. The third-order valence-corrected chi connectivity index (χ3v) is 4.01. The first-order chi connectivity index (χ1) is 9.29. The van der Waals surface area contributed by atoms with Crippen LogP contribution in [0.25, 0.3) is 0 Å². The Bertz CT molecular complexity index is 391. The summed E-state index contributed by atoms with van der Waals surface area (Å²) in [7, 11) is 0. The summed E-state index contributed by atoms with van der Waals surface area (Å²) in [6, 6.07) is 11.9. The molecule has 1 aromatic rings. The molecule has 0 aliphatic carbocycles. The van der Waals surface area contributed by atoms with Crippen LogP contribution in [0.5, 0.6) is 0 Å². The maximum absolute atomic E-state index is 5.65. The fraction of sp³-hybridized carbons (Fsp3) is 0.500. The molecular weight excluding hydrogens is 256 g/mol. The second-order valence-corrected chi connectivity index (χ2v) is 5.55. The maximum Gasteiger partial charge on any atom is 0.0235 e. The highest BCUT2D eigenvalue weighted by Gasteiger charge is 2.21. The van der Waals surface area contributed by atoms with Crippen LogP contribution >= 0.6 is 11.6 Å². The molecule has 0 saturated carbocycles. The standard InChI is InChI=1S/C16H23ClN2/c1-14-8-10-18-16(13-19(14)11-5-9-17)12-15-6-3-2-4-7-15/h2-7,9,14,16,18H,8,10-13H2,1H3/b9-5+. The summed E-state index contributed by atoms with van der Waals surface area (Å²) in [5.74, 6) is 0. The molecule has 2 rings (SSSR count). The second-order valence-electron chi connectivity index (χ2n) is 5.29. The lowest BCUT2D eigenvalue weighted by Crippen LogP contribution is -2.41. The average molecular weight is 279 g/mol. The molecular formula is C16H23ClN2. The minimum absolute atomic E-state index is 0.524. The van der Waals surface area contributed by atoms with E-state index in [4.69, 9.17) is 11.6 Å². The van der Waals surface area contributed by atoms with Gasteiger partial charge in [-0.25, -0.2) is 0 Å². The molecule has 1 N–H and O–H groups in total. The molecule has 0 radical (unpaired) electrons. The fourth-order valence-corrected chi connectivity index (χ4v) is 2.75. The Morgan fingerprint density at radius 3 is 2.89 bits per heavy atom. The van der Waals surface area contributed by atoms with Gasteiger partial charge in [-0.15, -0.1) is 0 Å². The topological polar surface area (TPSA) is 15.3 Å². The van der Waals surface area contributed by atoms with Gasteiger partial charge in [0.1, 0.15) is 0 Å². The van der Waals surface area contributed by atoms with Crippen LogP contribution in [0.2, 0.25) is 0 Å². The van der Waals surface area contributed by atoms with E-state index in [2.05, 4.69) is 47.5 Å². The normalized spacial score (nSPS) is 25.6. The Labute approximate surface area is 121 Å². The van der Waals surface area contributed by atoms with Gasteiger partial charge in [0.05, 0.1) is 0 Å². The van der Waals surface area contributed by atoms with Crippen LogP contribution in [-0.4, -0.2) is 36.6 Å². The Kier molecular flexibility index (Phi) is 5.90. The van der Waals surface area contributed by atoms with Crippen molar-refractivity contribution in [1.29, 1.82) is 0 Å². The van der Waals surface area contributed by atoms with Crippen molar-refractivity contribution in [3.63, 3.8) is 0 Å². The lowest BCUT2D eigenvalue weighted by atomic mass is 10.1. The van der Waals surface area contributed by atoms with Gasteiger partial charge in [0, 0.05) is 30.7 Å². The quantitative estimate of drug-likeness (QED) is 0.911. The van der Waals surface area contributed by atoms with E-state index in [1.54, 1.807) is 5.54 Å². The van der Waals surface area contributed by atoms with Crippen LogP contribution in [0.4, 0.5) is 0 Å². The lowest BCUT2D eigenvalue weighted by Gasteiger charge is -2.27. The maximum atomic E-state index is 5.65. The van der Waals surface area contributed by atoms with Gasteiger partial charge in [-0.2, -0.15) is 0 Å². The molecule has 0 bridgehead atoms. The molecule has 3 heteroatoms. The van der Waals surface area contributed by atoms with Gasteiger partial charge < -0.3 is 5.32 Å². The lowest BCUT2D eigenvalue weighted by molar-refractivity contribution is 0.226. The molecule has 2 atom stereocenters. The van der Waals surface area contributed by atoms with Crippen molar-refractivity contribution in [2.45, 2.75) is 31.8 Å². The highest BCUT2D eigenvalue weighted by molar-refractivity contribution is 6.25. The van der Waals surface area contributed by atoms with Crippen molar-refractivity contribution in [3.8, 4) is 0 Å². The fourth-order valence-electron chi connectivity index (χ4n) is 2.67. The van der Waals surface area contributed by atoms with Crippen molar-refractivity contribution in [3.05, 3.63) is 47.5 Å². The van der Waals surface area contributed by atoms with Gasteiger partial charge in [-0.05, 0) is 31.9 Å². The number of nitrogens with zero attached hydrogens (tertiary/aromatic N) is 1. The molecule has 2 nitrogen and oxygen atoms in total. The summed E-state index contributed by atoms with van der Waals surface area (Å²) in [5, 5.41) is 3.67. The van der Waals surface area contributed by atoms with Gasteiger partial charge >= 0.3 is 0 Å².